The number of ether oxygens (including phenoxy) is 2. The molecule has 0 spiro atoms. The Labute approximate surface area is 373 Å². The second-order valence-electron chi connectivity index (χ2n) is 14.5. The van der Waals surface area contributed by atoms with Crippen molar-refractivity contribution in [3.05, 3.63) is 0 Å². The van der Waals surface area contributed by atoms with Gasteiger partial charge < -0.3 is 39.0 Å². The number of hydrogen-bond donors (Lipinski definition) is 1. The third-order valence-corrected chi connectivity index (χ3v) is 10.3. The monoisotopic (exact) mass is 808 g/mol. The molecule has 0 aliphatic heterocycles. The number of phosphoric acid groups is 1. The first kappa shape index (κ1) is 58.8. The van der Waals surface area contributed by atoms with Crippen molar-refractivity contribution in [2.45, 2.75) is 219 Å². The fraction of sp³-hybridized carbons (Fsp3) is 0.925. The molecule has 0 bridgehead atoms. The van der Waals surface area contributed by atoms with E-state index in [2.05, 4.69) is 18.4 Å². The van der Waals surface area contributed by atoms with Gasteiger partial charge >= 0.3 is 71.1 Å². The first-order valence-electron chi connectivity index (χ1n) is 21.0. The van der Waals surface area contributed by atoms with Crippen molar-refractivity contribution in [1.29, 1.82) is 0 Å². The normalized spacial score (nSPS) is 13.3. The van der Waals surface area contributed by atoms with E-state index in [1.165, 1.54) is 128 Å². The van der Waals surface area contributed by atoms with Crippen LogP contribution < -0.4 is 74.8 Å². The van der Waals surface area contributed by atoms with Crippen LogP contribution in [0.1, 0.15) is 206 Å². The van der Waals surface area contributed by atoms with Crippen LogP contribution in [0, 0.1) is 0 Å². The number of carboxylic acid groups (broad SMARTS) is 1. The molecule has 0 saturated heterocycles. The van der Waals surface area contributed by atoms with Crippen molar-refractivity contribution >= 4 is 25.7 Å². The Morgan fingerprint density at radius 2 is 0.833 bits per heavy atom. The Balaban J connectivity index is -0.0000130. The summed E-state index contributed by atoms with van der Waals surface area (Å²) >= 11 is 0. The van der Waals surface area contributed by atoms with Crippen molar-refractivity contribution < 1.29 is 107 Å². The number of carbonyl (C=O) groups excluding carboxylic acids is 3. The number of esters is 2. The first-order valence-corrected chi connectivity index (χ1v) is 22.5. The number of nitrogens with two attached hydrogens (primary N) is 1. The molecule has 2 N–H and O–H groups in total. The number of aliphatic carboxylic acids is 1. The van der Waals surface area contributed by atoms with Crippen LogP contribution in [0.15, 0.2) is 0 Å². The summed E-state index contributed by atoms with van der Waals surface area (Å²) in [7, 11) is -4.98. The predicted octanol–water partition coefficient (Wildman–Crippen LogP) is 2.77. The largest absolute Gasteiger partial charge is 1.00 e. The zero-order chi connectivity index (χ0) is 38.5. The molecule has 54 heavy (non-hydrogen) atoms. The van der Waals surface area contributed by atoms with Crippen molar-refractivity contribution in [3.63, 3.8) is 0 Å². The summed E-state index contributed by atoms with van der Waals surface area (Å²) in [5.74, 6) is -2.69. The zero-order valence-electron chi connectivity index (χ0n) is 35.1. The molecule has 14 heteroatoms. The van der Waals surface area contributed by atoms with E-state index in [0.717, 1.165) is 38.5 Å². The second kappa shape index (κ2) is 43.1. The fourth-order valence-corrected chi connectivity index (χ4v) is 6.76. The number of carbonyl (C=O) groups is 3. The average molecular weight is 808 g/mol. The Kier molecular flexibility index (Phi) is 46.9. The molecule has 0 aromatic heterocycles. The summed E-state index contributed by atoms with van der Waals surface area (Å²) in [5.41, 5.74) is 5.24. The van der Waals surface area contributed by atoms with E-state index >= 15 is 0 Å². The Morgan fingerprint density at radius 1 is 0.519 bits per heavy atom. The van der Waals surface area contributed by atoms with Gasteiger partial charge in [0.25, 0.3) is 7.82 Å². The van der Waals surface area contributed by atoms with Gasteiger partial charge in [0, 0.05) is 12.8 Å². The Bertz CT molecular complexity index is 918. The fourth-order valence-electron chi connectivity index (χ4n) is 6.00. The maximum absolute atomic E-state index is 12.6. The van der Waals surface area contributed by atoms with Crippen LogP contribution in [-0.4, -0.2) is 49.9 Å². The van der Waals surface area contributed by atoms with Crippen LogP contribution in [0.2, 0.25) is 0 Å². The average Bonchev–Trinajstić information content (AvgIpc) is 3.12. The summed E-state index contributed by atoms with van der Waals surface area (Å²) in [6.07, 6.45) is 32.7. The van der Waals surface area contributed by atoms with Crippen LogP contribution >= 0.6 is 7.82 Å². The van der Waals surface area contributed by atoms with Crippen LogP contribution in [-0.2, 0) is 37.5 Å². The third-order valence-electron chi connectivity index (χ3n) is 9.33. The number of hydrogen-bond acceptors (Lipinski definition) is 11. The van der Waals surface area contributed by atoms with Gasteiger partial charge in [0.15, 0.2) is 6.10 Å². The van der Waals surface area contributed by atoms with Gasteiger partial charge in [0.05, 0.1) is 25.2 Å². The molecule has 0 fully saturated rings. The minimum absolute atomic E-state index is 0. The van der Waals surface area contributed by atoms with Crippen molar-refractivity contribution in [2.75, 3.05) is 19.8 Å². The number of unbranched alkanes of at least 4 members (excludes halogenated alkanes) is 26. The molecule has 3 atom stereocenters. The molecule has 0 saturated carbocycles. The SMILES string of the molecule is CCCCCCCCCCCCCCCCC(=O)OCC(COP(=O)([O-])OCC(N)C(=O)[O-])OC(=O)CCCCCCCCCCCCCCCC.[Na+].[Na+]. The number of carboxylic acids is 1. The minimum atomic E-state index is -4.98. The third kappa shape index (κ3) is 42.1. The smallest absolute Gasteiger partial charge is 0.756 e. The van der Waals surface area contributed by atoms with E-state index in [4.69, 9.17) is 19.7 Å². The summed E-state index contributed by atoms with van der Waals surface area (Å²) < 4.78 is 32.2. The summed E-state index contributed by atoms with van der Waals surface area (Å²) in [5, 5.41) is 10.8. The van der Waals surface area contributed by atoms with Crippen molar-refractivity contribution in [1.82, 2.24) is 0 Å². The van der Waals surface area contributed by atoms with E-state index in [1.807, 2.05) is 0 Å². The molecule has 0 aliphatic carbocycles. The molecule has 0 rings (SSSR count). The van der Waals surface area contributed by atoms with Gasteiger partial charge in [-0.25, -0.2) is 0 Å². The molecule has 0 aliphatic rings. The minimum Gasteiger partial charge on any atom is -0.756 e. The van der Waals surface area contributed by atoms with Crippen molar-refractivity contribution in [3.8, 4) is 0 Å². The van der Waals surface area contributed by atoms with Gasteiger partial charge in [-0.15, -0.1) is 0 Å². The molecule has 0 radical (unpaired) electrons. The molecule has 0 amide bonds. The molecular weight excluding hydrogens is 731 g/mol. The predicted molar refractivity (Wildman–Crippen MR) is 203 cm³/mol. The maximum Gasteiger partial charge on any atom is 1.00 e. The van der Waals surface area contributed by atoms with Crippen LogP contribution in [0.4, 0.5) is 0 Å². The zero-order valence-corrected chi connectivity index (χ0v) is 40.0. The van der Waals surface area contributed by atoms with E-state index in [0.29, 0.717) is 12.8 Å². The molecular formula is C40H76NNa2O10P. The van der Waals surface area contributed by atoms with Crippen LogP contribution in [0.5, 0.6) is 0 Å². The van der Waals surface area contributed by atoms with E-state index in [9.17, 15) is 28.9 Å². The van der Waals surface area contributed by atoms with Gasteiger partial charge in [0.2, 0.25) is 0 Å². The second-order valence-corrected chi connectivity index (χ2v) is 15.9. The molecule has 0 heterocycles. The van der Waals surface area contributed by atoms with Crippen LogP contribution in [0.3, 0.4) is 0 Å². The quantitative estimate of drug-likeness (QED) is 0.0417. The van der Waals surface area contributed by atoms with Crippen molar-refractivity contribution in [2.24, 2.45) is 5.73 Å². The van der Waals surface area contributed by atoms with E-state index in [1.54, 1.807) is 0 Å². The van der Waals surface area contributed by atoms with E-state index < -0.39 is 51.1 Å². The van der Waals surface area contributed by atoms with Gasteiger partial charge in [0.1, 0.15) is 6.61 Å². The van der Waals surface area contributed by atoms with Crippen LogP contribution in [0.25, 0.3) is 0 Å². The standard InChI is InChI=1S/C40H78NO10P.2Na/c1-3-5-7-9-11-13-15-17-19-21-23-25-27-29-31-38(42)48-33-36(34-49-52(46,47)50-35-37(41)40(44)45)51-39(43)32-30-28-26-24-22-20-18-16-14-12-10-8-6-4-2;;/h36-37H,3-35,41H2,1-2H3,(H,44,45)(H,46,47);;/q;2*+1/p-2. The van der Waals surface area contributed by atoms with Gasteiger partial charge in [-0.3, -0.25) is 14.2 Å². The molecule has 3 unspecified atom stereocenters. The topological polar surface area (TPSA) is 177 Å². The molecule has 0 aromatic rings. The van der Waals surface area contributed by atoms with Gasteiger partial charge in [-0.1, -0.05) is 181 Å². The molecule has 0 aromatic carbocycles. The number of phosphoric ester groups is 1. The maximum atomic E-state index is 12.6. The molecule has 11 nitrogen and oxygen atoms in total. The first-order chi connectivity index (χ1) is 25.1. The van der Waals surface area contributed by atoms with E-state index in [-0.39, 0.29) is 78.6 Å². The Morgan fingerprint density at radius 3 is 1.19 bits per heavy atom. The van der Waals surface area contributed by atoms with Gasteiger partial charge in [-0.05, 0) is 12.8 Å². The summed E-state index contributed by atoms with van der Waals surface area (Å²) in [6.45, 7) is 2.57. The number of rotatable bonds is 40. The Hall–Kier alpha value is 0.480. The van der Waals surface area contributed by atoms with Gasteiger partial charge in [-0.2, -0.15) is 0 Å². The summed E-state index contributed by atoms with van der Waals surface area (Å²) in [4.78, 5) is 47.8. The molecule has 308 valence electrons. The summed E-state index contributed by atoms with van der Waals surface area (Å²) in [6, 6.07) is -1.67.